The van der Waals surface area contributed by atoms with E-state index in [2.05, 4.69) is 9.88 Å². The van der Waals surface area contributed by atoms with Gasteiger partial charge >= 0.3 is 23.9 Å². The topological polar surface area (TPSA) is 223 Å². The van der Waals surface area contributed by atoms with Crippen LogP contribution < -0.4 is 14.4 Å². The van der Waals surface area contributed by atoms with E-state index in [1.807, 2.05) is 52.8 Å². The number of methoxy groups -OCH3 is 3. The first-order valence-corrected chi connectivity index (χ1v) is 31.3. The molecular formula is C62H88Cl2N2O17S. The number of hydrogen-bond acceptors (Lipinski definition) is 20. The highest BCUT2D eigenvalue weighted by Crippen LogP contribution is 2.50. The van der Waals surface area contributed by atoms with E-state index in [0.717, 1.165) is 31.4 Å². The van der Waals surface area contributed by atoms with Crippen molar-refractivity contribution in [3.05, 3.63) is 58.4 Å². The molecule has 1 aliphatic carbocycles. The Labute approximate surface area is 509 Å². The van der Waals surface area contributed by atoms with E-state index < -0.39 is 125 Å². The Hall–Kier alpha value is -4.25. The Balaban J connectivity index is 1.16. The van der Waals surface area contributed by atoms with Crippen molar-refractivity contribution >= 4 is 70.3 Å². The molecule has 2 aromatic rings. The van der Waals surface area contributed by atoms with Crippen LogP contribution in [0.2, 0.25) is 10.0 Å². The van der Waals surface area contributed by atoms with Crippen molar-refractivity contribution in [2.24, 2.45) is 29.6 Å². The molecule has 22 heteroatoms. The van der Waals surface area contributed by atoms with Crippen molar-refractivity contribution in [2.75, 3.05) is 38.5 Å². The van der Waals surface area contributed by atoms with Crippen molar-refractivity contribution in [3.63, 3.8) is 0 Å². The minimum absolute atomic E-state index is 0.0644. The quantitative estimate of drug-likeness (QED) is 0.0739. The molecule has 17 atom stereocenters. The second-order valence-electron chi connectivity index (χ2n) is 24.1. The molecule has 3 saturated heterocycles. The smallest absolute Gasteiger partial charge is 0.320 e. The maximum Gasteiger partial charge on any atom is 0.320 e. The number of carbonyl (C=O) groups excluding carboxylic acids is 5. The summed E-state index contributed by atoms with van der Waals surface area (Å²) in [5.41, 5.74) is -2.21. The number of benzene rings is 1. The van der Waals surface area contributed by atoms with E-state index in [1.54, 1.807) is 59.5 Å². The molecule has 1 saturated carbocycles. The minimum atomic E-state index is -1.40. The van der Waals surface area contributed by atoms with E-state index in [-0.39, 0.29) is 50.5 Å². The zero-order valence-electron chi connectivity index (χ0n) is 50.9. The molecular weight excluding hydrogens is 1150 g/mol. The van der Waals surface area contributed by atoms with Crippen LogP contribution in [-0.2, 0) is 73.1 Å². The fraction of sp³-hybridized carbons (Fsp3) is 0.710. The van der Waals surface area contributed by atoms with Crippen molar-refractivity contribution in [1.29, 1.82) is 0 Å². The van der Waals surface area contributed by atoms with Crippen LogP contribution in [0.15, 0.2) is 42.7 Å². The van der Waals surface area contributed by atoms with Gasteiger partial charge in [0.1, 0.15) is 28.8 Å². The lowest BCUT2D eigenvalue weighted by molar-refractivity contribution is -0.280. The van der Waals surface area contributed by atoms with Crippen molar-refractivity contribution in [2.45, 2.75) is 217 Å². The number of nitrogens with zero attached hydrogens (tertiary/aromatic N) is 2. The summed E-state index contributed by atoms with van der Waals surface area (Å²) in [4.78, 5) is 75.7. The number of esters is 4. The van der Waals surface area contributed by atoms with Crippen LogP contribution in [0.1, 0.15) is 139 Å². The Morgan fingerprint density at radius 3 is 2.14 bits per heavy atom. The highest BCUT2D eigenvalue weighted by molar-refractivity contribution is 8.00. The summed E-state index contributed by atoms with van der Waals surface area (Å²) in [5.74, 6) is -4.14. The first kappa shape index (κ1) is 67.3. The molecule has 7 rings (SSSR count). The lowest BCUT2D eigenvalue weighted by Gasteiger charge is -2.46. The second-order valence-corrected chi connectivity index (χ2v) is 26.1. The third kappa shape index (κ3) is 15.7. The van der Waals surface area contributed by atoms with Crippen LogP contribution in [0, 0.1) is 29.6 Å². The number of anilines is 1. The van der Waals surface area contributed by atoms with Gasteiger partial charge in [-0.3, -0.25) is 29.0 Å². The van der Waals surface area contributed by atoms with E-state index in [4.69, 9.17) is 75.3 Å². The van der Waals surface area contributed by atoms with Crippen LogP contribution in [0.5, 0.6) is 11.5 Å². The van der Waals surface area contributed by atoms with E-state index in [0.29, 0.717) is 45.8 Å². The molecule has 0 radical (unpaired) electrons. The van der Waals surface area contributed by atoms with Crippen molar-refractivity contribution < 1.29 is 81.2 Å². The molecule has 1 aromatic heterocycles. The fourth-order valence-electron chi connectivity index (χ4n) is 13.3. The SMILES string of the molecule is CC[C@H]1OC(=O)[C@H](C)C[C@H](C)[C@@H](OC2O[C@H](CC[C@@H]3O[C@@H](O)C[C@@](C)(OC)[C@H]3OC(C)=O)C=CC2OC(C)=O)[C@](C)(OC)C[C@@H](C)C(=O)[C@H](C)[C@H]2[C@H](SCCN(Cc3c(Cl)cncc3Cl)c3ccc(OC)c(OC4CCCC4)c3)C(=O)O[C@@]21C. The Morgan fingerprint density at radius 1 is 0.845 bits per heavy atom. The Bertz CT molecular complexity index is 2630. The Morgan fingerprint density at radius 2 is 1.51 bits per heavy atom. The number of thioether (sulfide) groups is 1. The van der Waals surface area contributed by atoms with Gasteiger partial charge < -0.3 is 62.1 Å². The molecule has 468 valence electrons. The van der Waals surface area contributed by atoms with Gasteiger partial charge in [0.15, 0.2) is 41.9 Å². The van der Waals surface area contributed by atoms with Crippen LogP contribution in [0.3, 0.4) is 0 Å². The second kappa shape index (κ2) is 29.2. The van der Waals surface area contributed by atoms with Crippen LogP contribution >= 0.6 is 35.0 Å². The van der Waals surface area contributed by atoms with Gasteiger partial charge in [-0.25, -0.2) is 0 Å². The summed E-state index contributed by atoms with van der Waals surface area (Å²) < 4.78 is 68.5. The summed E-state index contributed by atoms with van der Waals surface area (Å²) in [6.45, 7) is 17.9. The molecule has 4 aliphatic heterocycles. The first-order chi connectivity index (χ1) is 39.8. The number of aliphatic hydroxyl groups excluding tert-OH is 1. The van der Waals surface area contributed by atoms with Crippen molar-refractivity contribution in [3.8, 4) is 11.5 Å². The van der Waals surface area contributed by atoms with Gasteiger partial charge in [-0.15, -0.1) is 11.8 Å². The molecule has 0 amide bonds. The lowest BCUT2D eigenvalue weighted by Crippen LogP contribution is -2.58. The van der Waals surface area contributed by atoms with Crippen molar-refractivity contribution in [1.82, 2.24) is 4.98 Å². The standard InChI is InChI=1S/C62H88Cl2N2O17S/c1-14-50-62(10)52(54(58(72)83-62)84-26-25-66(33-43-44(63)31-65-32-45(43)64)40-19-22-46(73-11)49(28-40)78-41-17-15-16-18-41)37(5)53(70)36(4)29-60(8,74-12)55(34(2)27-35(3)57(71)81-50)82-59-48(76-38(6)67)24-21-42(79-59)20-23-47-56(77-39(7)68)61(9,75-13)30-51(69)80-47/h19,21-22,24,28,31-32,34-37,41-42,47-48,50-52,54-56,59,69H,14-18,20,23,25-27,29-30,33H2,1-13H3/t34-,35+,36+,37+,42+,47-,48?,50+,51+,52-,54-,55+,56-,59?,60+,61+,62+/m0/s1. The van der Waals surface area contributed by atoms with Crippen LogP contribution in [0.25, 0.3) is 0 Å². The molecule has 2 unspecified atom stereocenters. The predicted octanol–water partition coefficient (Wildman–Crippen LogP) is 10.2. The van der Waals surface area contributed by atoms with Gasteiger partial charge in [0.05, 0.1) is 47.0 Å². The monoisotopic (exact) mass is 1230 g/mol. The number of aromatic nitrogens is 1. The number of pyridine rings is 1. The first-order valence-electron chi connectivity index (χ1n) is 29.5. The molecule has 1 N–H and O–H groups in total. The zero-order chi connectivity index (χ0) is 61.4. The number of aliphatic hydroxyl groups is 1. The highest BCUT2D eigenvalue weighted by atomic mass is 35.5. The third-order valence-corrected chi connectivity index (χ3v) is 19.7. The van der Waals surface area contributed by atoms with Gasteiger partial charge in [-0.05, 0) is 103 Å². The molecule has 0 bridgehead atoms. The van der Waals surface area contributed by atoms with Crippen LogP contribution in [0.4, 0.5) is 5.69 Å². The Kier molecular flexibility index (Phi) is 23.4. The summed E-state index contributed by atoms with van der Waals surface area (Å²) in [7, 11) is 4.64. The third-order valence-electron chi connectivity index (χ3n) is 17.8. The number of rotatable bonds is 20. The number of cyclic esters (lactones) is 1. The van der Waals surface area contributed by atoms with E-state index in [1.165, 1.54) is 32.7 Å². The minimum Gasteiger partial charge on any atom is -0.493 e. The van der Waals surface area contributed by atoms with Gasteiger partial charge in [0, 0.05) is 101 Å². The zero-order valence-corrected chi connectivity index (χ0v) is 53.3. The largest absolute Gasteiger partial charge is 0.493 e. The average Bonchev–Trinajstić information content (AvgIpc) is 2.78. The molecule has 5 aliphatic rings. The number of ketones is 1. The molecule has 84 heavy (non-hydrogen) atoms. The lowest BCUT2D eigenvalue weighted by atomic mass is 9.70. The molecule has 1 aromatic carbocycles. The molecule has 0 spiro atoms. The number of ether oxygens (including phenoxy) is 11. The predicted molar refractivity (Wildman–Crippen MR) is 316 cm³/mol. The molecule has 5 heterocycles. The summed E-state index contributed by atoms with van der Waals surface area (Å²) in [6.07, 6.45) is 4.49. The molecule has 19 nitrogen and oxygen atoms in total. The maximum atomic E-state index is 15.4. The van der Waals surface area contributed by atoms with Crippen LogP contribution in [-0.4, -0.2) is 151 Å². The maximum absolute atomic E-state index is 15.4. The summed E-state index contributed by atoms with van der Waals surface area (Å²) in [6, 6.07) is 5.77. The van der Waals surface area contributed by atoms with Gasteiger partial charge in [-0.2, -0.15) is 0 Å². The van der Waals surface area contributed by atoms with Gasteiger partial charge in [0.2, 0.25) is 0 Å². The summed E-state index contributed by atoms with van der Waals surface area (Å²) in [5, 5.41) is 10.7. The number of carbonyl (C=O) groups is 5. The number of Topliss-reactive ketones (excluding diaryl/α,β-unsaturated/α-hetero) is 1. The van der Waals surface area contributed by atoms with Gasteiger partial charge in [0.25, 0.3) is 0 Å². The summed E-state index contributed by atoms with van der Waals surface area (Å²) >= 11 is 14.9. The number of hydrogen-bond donors (Lipinski definition) is 1. The number of halogens is 2. The normalized spacial score (nSPS) is 35.1. The molecule has 4 fully saturated rings. The highest BCUT2D eigenvalue weighted by Gasteiger charge is 2.61. The average molecular weight is 1240 g/mol. The van der Waals surface area contributed by atoms with E-state index in [9.17, 15) is 24.3 Å². The number of fused-ring (bicyclic) bond motifs is 1. The fourth-order valence-corrected chi connectivity index (χ4v) is 15.3. The van der Waals surface area contributed by atoms with Gasteiger partial charge in [-0.1, -0.05) is 63.9 Å². The van der Waals surface area contributed by atoms with E-state index >= 15 is 4.79 Å².